The first-order valence-electron chi connectivity index (χ1n) is 12.8. The van der Waals surface area contributed by atoms with Crippen LogP contribution in [0.1, 0.15) is 40.0 Å². The number of hydrogen-bond acceptors (Lipinski definition) is 6. The molecule has 3 aromatic carbocycles. The fourth-order valence-electron chi connectivity index (χ4n) is 4.87. The molecule has 1 amide bonds. The Bertz CT molecular complexity index is 1640. The fourth-order valence-corrected chi connectivity index (χ4v) is 4.87. The second-order valence-electron chi connectivity index (χ2n) is 9.28. The average molecular weight is 536 g/mol. The number of carbonyl (C=O) groups excluding carboxylic acids is 2. The lowest BCUT2D eigenvalue weighted by atomic mass is 10.0. The molecular formula is C32H26FN3O4. The van der Waals surface area contributed by atoms with E-state index in [0.717, 1.165) is 28.1 Å². The van der Waals surface area contributed by atoms with Crippen molar-refractivity contribution in [2.45, 2.75) is 19.3 Å². The summed E-state index contributed by atoms with van der Waals surface area (Å²) in [6.07, 6.45) is 3.44. The highest BCUT2D eigenvalue weighted by molar-refractivity contribution is 6.08. The monoisotopic (exact) mass is 535 g/mol. The van der Waals surface area contributed by atoms with E-state index in [-0.39, 0.29) is 13.0 Å². The average Bonchev–Trinajstić information content (AvgIpc) is 3.37. The predicted octanol–water partition coefficient (Wildman–Crippen LogP) is 5.97. The molecule has 0 radical (unpaired) electrons. The number of esters is 1. The summed E-state index contributed by atoms with van der Waals surface area (Å²) in [4.78, 5) is 32.8. The molecule has 0 unspecified atom stereocenters. The molecule has 4 aromatic rings. The van der Waals surface area contributed by atoms with Gasteiger partial charge >= 0.3 is 5.97 Å². The molecule has 40 heavy (non-hydrogen) atoms. The third-order valence-electron chi connectivity index (χ3n) is 6.82. The maximum atomic E-state index is 13.5. The Hall–Kier alpha value is -5.03. The van der Waals surface area contributed by atoms with Gasteiger partial charge in [-0.3, -0.25) is 4.79 Å². The molecule has 7 nitrogen and oxygen atoms in total. The molecular weight excluding hydrogens is 509 g/mol. The summed E-state index contributed by atoms with van der Waals surface area (Å²) in [7, 11) is 1.62. The number of methoxy groups -OCH3 is 1. The number of para-hydroxylation sites is 1. The summed E-state index contributed by atoms with van der Waals surface area (Å²) in [5.74, 6) is -0.802. The van der Waals surface area contributed by atoms with E-state index in [9.17, 15) is 14.0 Å². The molecule has 1 heterocycles. The fraction of sp³-hybridized carbons (Fsp3) is 0.188. The lowest BCUT2D eigenvalue weighted by Gasteiger charge is -2.22. The molecule has 0 atom stereocenters. The van der Waals surface area contributed by atoms with Crippen LogP contribution in [0.4, 0.5) is 10.1 Å². The molecule has 0 fully saturated rings. The van der Waals surface area contributed by atoms with Crippen molar-refractivity contribution < 1.29 is 23.5 Å². The Labute approximate surface area is 231 Å². The Morgan fingerprint density at radius 3 is 2.52 bits per heavy atom. The second kappa shape index (κ2) is 11.8. The number of ether oxygens (including phenoxy) is 2. The van der Waals surface area contributed by atoms with Crippen molar-refractivity contribution >= 4 is 40.1 Å². The zero-order valence-corrected chi connectivity index (χ0v) is 21.9. The predicted molar refractivity (Wildman–Crippen MR) is 150 cm³/mol. The zero-order chi connectivity index (χ0) is 28.1. The van der Waals surface area contributed by atoms with Crippen LogP contribution in [-0.4, -0.2) is 37.1 Å². The third-order valence-corrected chi connectivity index (χ3v) is 6.82. The van der Waals surface area contributed by atoms with E-state index < -0.39 is 24.3 Å². The Kier molecular flexibility index (Phi) is 7.83. The van der Waals surface area contributed by atoms with Gasteiger partial charge in [0.2, 0.25) is 0 Å². The maximum absolute atomic E-state index is 13.5. The lowest BCUT2D eigenvalue weighted by Crippen LogP contribution is -2.35. The van der Waals surface area contributed by atoms with Gasteiger partial charge in [-0.2, -0.15) is 5.26 Å². The normalized spacial score (nSPS) is 13.1. The highest BCUT2D eigenvalue weighted by Crippen LogP contribution is 2.38. The minimum atomic E-state index is -0.617. The Morgan fingerprint density at radius 1 is 1.05 bits per heavy atom. The summed E-state index contributed by atoms with van der Waals surface area (Å²) in [5.41, 5.74) is 5.01. The highest BCUT2D eigenvalue weighted by atomic mass is 19.1. The number of aromatic nitrogens is 1. The number of pyridine rings is 1. The largest absolute Gasteiger partial charge is 0.497 e. The third kappa shape index (κ3) is 5.54. The van der Waals surface area contributed by atoms with Crippen LogP contribution in [0, 0.1) is 17.1 Å². The van der Waals surface area contributed by atoms with E-state index in [1.54, 1.807) is 7.11 Å². The number of fused-ring (bicyclic) bond motifs is 2. The maximum Gasteiger partial charge on any atom is 0.339 e. The van der Waals surface area contributed by atoms with Crippen LogP contribution in [-0.2, 0) is 16.0 Å². The molecule has 0 saturated carbocycles. The number of allylic oxidation sites excluding steroid dienone is 1. The molecule has 0 N–H and O–H groups in total. The first-order valence-corrected chi connectivity index (χ1v) is 12.8. The van der Waals surface area contributed by atoms with E-state index >= 15 is 0 Å². The van der Waals surface area contributed by atoms with E-state index in [1.807, 2.05) is 54.6 Å². The second-order valence-corrected chi connectivity index (χ2v) is 9.28. The highest BCUT2D eigenvalue weighted by Gasteiger charge is 2.28. The summed E-state index contributed by atoms with van der Waals surface area (Å²) in [5, 5.41) is 9.69. The summed E-state index contributed by atoms with van der Waals surface area (Å²) in [6.45, 7) is -0.437. The quantitative estimate of drug-likeness (QED) is 0.258. The van der Waals surface area contributed by atoms with Crippen LogP contribution >= 0.6 is 0 Å². The van der Waals surface area contributed by atoms with Crippen molar-refractivity contribution in [2.24, 2.45) is 0 Å². The molecule has 5 rings (SSSR count). The number of nitrogens with zero attached hydrogens (tertiary/aromatic N) is 3. The van der Waals surface area contributed by atoms with E-state index in [4.69, 9.17) is 19.7 Å². The number of halogens is 1. The number of benzene rings is 3. The van der Waals surface area contributed by atoms with Crippen molar-refractivity contribution in [1.29, 1.82) is 5.26 Å². The van der Waals surface area contributed by atoms with Crippen LogP contribution < -0.4 is 9.64 Å². The van der Waals surface area contributed by atoms with Gasteiger partial charge in [0.05, 0.1) is 36.4 Å². The number of amides is 1. The molecule has 0 spiro atoms. The molecule has 200 valence electrons. The topological polar surface area (TPSA) is 92.5 Å². The van der Waals surface area contributed by atoms with Gasteiger partial charge in [0.25, 0.3) is 5.91 Å². The number of hydrogen-bond donors (Lipinski definition) is 0. The van der Waals surface area contributed by atoms with Gasteiger partial charge in [-0.05, 0) is 78.1 Å². The molecule has 0 bridgehead atoms. The molecule has 0 saturated heterocycles. The minimum absolute atomic E-state index is 0.0723. The summed E-state index contributed by atoms with van der Waals surface area (Å²) in [6, 6.07) is 22.4. The SMILES string of the molecule is COc1ccc(/C=C2/CCc3c2nc2ccccc2c3C(=O)OCC(=O)N(CCC#N)c2ccc(F)cc2)cc1. The van der Waals surface area contributed by atoms with Gasteiger partial charge in [-0.1, -0.05) is 30.3 Å². The number of rotatable bonds is 8. The Balaban J connectivity index is 1.43. The van der Waals surface area contributed by atoms with Crippen molar-refractivity contribution in [3.8, 4) is 11.8 Å². The van der Waals surface area contributed by atoms with Gasteiger partial charge in [0, 0.05) is 17.6 Å². The molecule has 1 aliphatic carbocycles. The smallest absolute Gasteiger partial charge is 0.339 e. The van der Waals surface area contributed by atoms with Crippen LogP contribution in [0.25, 0.3) is 22.6 Å². The van der Waals surface area contributed by atoms with Crippen molar-refractivity contribution in [2.75, 3.05) is 25.2 Å². The van der Waals surface area contributed by atoms with Crippen LogP contribution in [0.15, 0.2) is 72.8 Å². The Morgan fingerprint density at radius 2 is 1.80 bits per heavy atom. The summed E-state index contributed by atoms with van der Waals surface area (Å²) >= 11 is 0. The standard InChI is InChI=1S/C32H26FN3O4/c1-39-25-14-7-21(8-15-25)19-22-9-16-27-30(26-5-2-3-6-28(26)35-31(22)27)32(38)40-20-29(37)36(18-4-17-34)24-12-10-23(33)11-13-24/h2-3,5-8,10-15,19H,4,9,16,18,20H2,1H3/b22-19-. The number of anilines is 1. The number of carbonyl (C=O) groups is 2. The van der Waals surface area contributed by atoms with Crippen molar-refractivity contribution in [3.05, 3.63) is 101 Å². The van der Waals surface area contributed by atoms with Gasteiger partial charge in [-0.25, -0.2) is 14.2 Å². The number of nitriles is 1. The molecule has 0 aliphatic heterocycles. The van der Waals surface area contributed by atoms with Crippen LogP contribution in [0.3, 0.4) is 0 Å². The molecule has 8 heteroatoms. The summed E-state index contributed by atoms with van der Waals surface area (Å²) < 4.78 is 24.2. The van der Waals surface area contributed by atoms with Crippen molar-refractivity contribution in [1.82, 2.24) is 4.98 Å². The zero-order valence-electron chi connectivity index (χ0n) is 21.9. The molecule has 1 aliphatic rings. The van der Waals surface area contributed by atoms with Gasteiger partial charge in [0.1, 0.15) is 11.6 Å². The van der Waals surface area contributed by atoms with Crippen LogP contribution in [0.2, 0.25) is 0 Å². The van der Waals surface area contributed by atoms with E-state index in [0.29, 0.717) is 35.0 Å². The first-order chi connectivity index (χ1) is 19.5. The van der Waals surface area contributed by atoms with E-state index in [1.165, 1.54) is 29.2 Å². The lowest BCUT2D eigenvalue weighted by molar-refractivity contribution is -0.121. The molecule has 1 aromatic heterocycles. The van der Waals surface area contributed by atoms with Gasteiger partial charge < -0.3 is 14.4 Å². The van der Waals surface area contributed by atoms with Gasteiger partial charge in [-0.15, -0.1) is 0 Å². The van der Waals surface area contributed by atoms with E-state index in [2.05, 4.69) is 6.08 Å². The van der Waals surface area contributed by atoms with Crippen molar-refractivity contribution in [3.63, 3.8) is 0 Å². The van der Waals surface area contributed by atoms with Gasteiger partial charge in [0.15, 0.2) is 6.61 Å². The minimum Gasteiger partial charge on any atom is -0.497 e. The first kappa shape index (κ1) is 26.6. The van der Waals surface area contributed by atoms with Crippen LogP contribution in [0.5, 0.6) is 5.75 Å².